The molecule has 1 aliphatic rings. The van der Waals surface area contributed by atoms with Gasteiger partial charge in [0.1, 0.15) is 5.78 Å². The number of ether oxygens (including phenoxy) is 1. The molecule has 0 amide bonds. The molecule has 0 aliphatic heterocycles. The molecule has 76 valence electrons. The first-order valence-electron chi connectivity index (χ1n) is 4.99. The second-order valence-electron chi connectivity index (χ2n) is 5.03. The normalized spacial score (nSPS) is 30.6. The van der Waals surface area contributed by atoms with E-state index in [1.165, 1.54) is 0 Å². The smallest absolute Gasteiger partial charge is 0.135 e. The van der Waals surface area contributed by atoms with Crippen molar-refractivity contribution in [3.8, 4) is 0 Å². The van der Waals surface area contributed by atoms with Crippen molar-refractivity contribution in [3.05, 3.63) is 0 Å². The second-order valence-corrected chi connectivity index (χ2v) is 5.03. The Bertz CT molecular complexity index is 191. The summed E-state index contributed by atoms with van der Waals surface area (Å²) >= 11 is 0. The number of rotatable bonds is 1. The van der Waals surface area contributed by atoms with Crippen molar-refractivity contribution in [1.82, 2.24) is 0 Å². The minimum Gasteiger partial charge on any atom is -0.381 e. The van der Waals surface area contributed by atoms with E-state index in [1.807, 2.05) is 0 Å². The van der Waals surface area contributed by atoms with Crippen molar-refractivity contribution < 1.29 is 9.53 Å². The summed E-state index contributed by atoms with van der Waals surface area (Å²) in [6.45, 7) is 6.67. The molecule has 1 fully saturated rings. The SMILES string of the molecule is COC1CC(=O)CCC1C(C)(C)C. The zero-order valence-electron chi connectivity index (χ0n) is 9.09. The molecular weight excluding hydrogens is 164 g/mol. The Balaban J connectivity index is 2.68. The maximum absolute atomic E-state index is 11.2. The summed E-state index contributed by atoms with van der Waals surface area (Å²) in [4.78, 5) is 11.2. The van der Waals surface area contributed by atoms with E-state index in [1.54, 1.807) is 7.11 Å². The lowest BCUT2D eigenvalue weighted by molar-refractivity contribution is -0.128. The van der Waals surface area contributed by atoms with Gasteiger partial charge >= 0.3 is 0 Å². The quantitative estimate of drug-likeness (QED) is 0.625. The van der Waals surface area contributed by atoms with E-state index >= 15 is 0 Å². The van der Waals surface area contributed by atoms with Gasteiger partial charge in [0.25, 0.3) is 0 Å². The molecule has 13 heavy (non-hydrogen) atoms. The van der Waals surface area contributed by atoms with Crippen LogP contribution < -0.4 is 0 Å². The van der Waals surface area contributed by atoms with E-state index in [2.05, 4.69) is 20.8 Å². The van der Waals surface area contributed by atoms with Gasteiger partial charge in [0.15, 0.2) is 0 Å². The van der Waals surface area contributed by atoms with Crippen LogP contribution in [0.25, 0.3) is 0 Å². The molecule has 0 spiro atoms. The number of Topliss-reactive ketones (excluding diaryl/α,β-unsaturated/α-hetero) is 1. The number of hydrogen-bond acceptors (Lipinski definition) is 2. The average molecular weight is 184 g/mol. The number of carbonyl (C=O) groups excluding carboxylic acids is 1. The van der Waals surface area contributed by atoms with Crippen molar-refractivity contribution in [2.75, 3.05) is 7.11 Å². The third-order valence-electron chi connectivity index (χ3n) is 3.03. The largest absolute Gasteiger partial charge is 0.381 e. The van der Waals surface area contributed by atoms with Gasteiger partial charge in [-0.2, -0.15) is 0 Å². The predicted octanol–water partition coefficient (Wildman–Crippen LogP) is 2.42. The molecule has 0 N–H and O–H groups in total. The number of hydrogen-bond donors (Lipinski definition) is 0. The van der Waals surface area contributed by atoms with Gasteiger partial charge in [0.2, 0.25) is 0 Å². The Morgan fingerprint density at radius 2 is 2.00 bits per heavy atom. The Kier molecular flexibility index (Phi) is 3.12. The molecule has 2 nitrogen and oxygen atoms in total. The summed E-state index contributed by atoms with van der Waals surface area (Å²) in [5.74, 6) is 0.877. The van der Waals surface area contributed by atoms with Crippen LogP contribution in [-0.4, -0.2) is 19.0 Å². The highest BCUT2D eigenvalue weighted by atomic mass is 16.5. The van der Waals surface area contributed by atoms with Gasteiger partial charge in [-0.05, 0) is 17.8 Å². The third-order valence-corrected chi connectivity index (χ3v) is 3.03. The summed E-state index contributed by atoms with van der Waals surface area (Å²) in [6.07, 6.45) is 2.47. The van der Waals surface area contributed by atoms with Crippen LogP contribution in [0.2, 0.25) is 0 Å². The van der Waals surface area contributed by atoms with Crippen LogP contribution in [0.3, 0.4) is 0 Å². The lowest BCUT2D eigenvalue weighted by Crippen LogP contribution is -2.38. The van der Waals surface area contributed by atoms with Gasteiger partial charge in [-0.25, -0.2) is 0 Å². The Morgan fingerprint density at radius 3 is 2.46 bits per heavy atom. The van der Waals surface area contributed by atoms with Gasteiger partial charge in [-0.1, -0.05) is 20.8 Å². The van der Waals surface area contributed by atoms with Crippen LogP contribution in [-0.2, 0) is 9.53 Å². The van der Waals surface area contributed by atoms with Crippen LogP contribution in [0.4, 0.5) is 0 Å². The summed E-state index contributed by atoms with van der Waals surface area (Å²) in [5, 5.41) is 0. The summed E-state index contributed by atoms with van der Waals surface area (Å²) in [7, 11) is 1.71. The van der Waals surface area contributed by atoms with Crippen LogP contribution in [0.1, 0.15) is 40.0 Å². The topological polar surface area (TPSA) is 26.3 Å². The molecule has 1 saturated carbocycles. The summed E-state index contributed by atoms with van der Waals surface area (Å²) in [6, 6.07) is 0. The van der Waals surface area contributed by atoms with E-state index in [9.17, 15) is 4.79 Å². The van der Waals surface area contributed by atoms with Crippen molar-refractivity contribution in [2.45, 2.75) is 46.1 Å². The van der Waals surface area contributed by atoms with E-state index in [0.29, 0.717) is 18.1 Å². The zero-order valence-corrected chi connectivity index (χ0v) is 9.09. The predicted molar refractivity (Wildman–Crippen MR) is 52.6 cm³/mol. The third kappa shape index (κ3) is 2.53. The fraction of sp³-hybridized carbons (Fsp3) is 0.909. The Labute approximate surface area is 80.7 Å². The van der Waals surface area contributed by atoms with E-state index in [0.717, 1.165) is 12.8 Å². The molecule has 0 heterocycles. The van der Waals surface area contributed by atoms with Gasteiger partial charge in [0, 0.05) is 20.0 Å². The van der Waals surface area contributed by atoms with Crippen molar-refractivity contribution >= 4 is 5.78 Å². The van der Waals surface area contributed by atoms with Crippen LogP contribution in [0, 0.1) is 11.3 Å². The molecule has 2 heteroatoms. The standard InChI is InChI=1S/C11H20O2/c1-11(2,3)9-6-5-8(12)7-10(9)13-4/h9-10H,5-7H2,1-4H3. The van der Waals surface area contributed by atoms with Gasteiger partial charge in [0.05, 0.1) is 6.10 Å². The molecule has 0 aromatic heterocycles. The molecule has 0 saturated heterocycles. The number of methoxy groups -OCH3 is 1. The maximum atomic E-state index is 11.2. The van der Waals surface area contributed by atoms with Gasteiger partial charge < -0.3 is 4.74 Å². The zero-order chi connectivity index (χ0) is 10.1. The maximum Gasteiger partial charge on any atom is 0.135 e. The number of ketones is 1. The minimum atomic E-state index is 0.140. The molecule has 2 unspecified atom stereocenters. The van der Waals surface area contributed by atoms with E-state index < -0.39 is 0 Å². The fourth-order valence-electron chi connectivity index (χ4n) is 2.21. The Morgan fingerprint density at radius 1 is 1.38 bits per heavy atom. The highest BCUT2D eigenvalue weighted by Gasteiger charge is 2.36. The first kappa shape index (κ1) is 10.7. The lowest BCUT2D eigenvalue weighted by Gasteiger charge is -2.38. The van der Waals surface area contributed by atoms with E-state index in [4.69, 9.17) is 4.74 Å². The van der Waals surface area contributed by atoms with E-state index in [-0.39, 0.29) is 11.5 Å². The van der Waals surface area contributed by atoms with Crippen LogP contribution in [0.15, 0.2) is 0 Å². The second kappa shape index (κ2) is 3.79. The molecular formula is C11H20O2. The molecule has 1 rings (SSSR count). The molecule has 1 aliphatic carbocycles. The number of carbonyl (C=O) groups is 1. The molecule has 2 atom stereocenters. The molecule has 0 aromatic carbocycles. The van der Waals surface area contributed by atoms with Gasteiger partial charge in [-0.3, -0.25) is 4.79 Å². The molecule has 0 radical (unpaired) electrons. The summed E-state index contributed by atoms with van der Waals surface area (Å²) in [5.41, 5.74) is 0.251. The summed E-state index contributed by atoms with van der Waals surface area (Å²) < 4.78 is 5.38. The molecule has 0 bridgehead atoms. The fourth-order valence-corrected chi connectivity index (χ4v) is 2.21. The van der Waals surface area contributed by atoms with Crippen molar-refractivity contribution in [2.24, 2.45) is 11.3 Å². The average Bonchev–Trinajstić information content (AvgIpc) is 2.01. The Hall–Kier alpha value is -0.370. The first-order chi connectivity index (χ1) is 5.95. The highest BCUT2D eigenvalue weighted by Crippen LogP contribution is 2.38. The van der Waals surface area contributed by atoms with Gasteiger partial charge in [-0.15, -0.1) is 0 Å². The molecule has 0 aromatic rings. The monoisotopic (exact) mass is 184 g/mol. The lowest BCUT2D eigenvalue weighted by atomic mass is 9.70. The van der Waals surface area contributed by atoms with Crippen molar-refractivity contribution in [3.63, 3.8) is 0 Å². The highest BCUT2D eigenvalue weighted by molar-refractivity contribution is 5.79. The van der Waals surface area contributed by atoms with Crippen LogP contribution >= 0.6 is 0 Å². The minimum absolute atomic E-state index is 0.140. The van der Waals surface area contributed by atoms with Crippen LogP contribution in [0.5, 0.6) is 0 Å². The first-order valence-corrected chi connectivity index (χ1v) is 4.99. The van der Waals surface area contributed by atoms with Crippen molar-refractivity contribution in [1.29, 1.82) is 0 Å².